The number of aliphatic hydroxyl groups excluding tert-OH is 1. The highest BCUT2D eigenvalue weighted by atomic mass is 16.3. The fraction of sp³-hybridized carbons (Fsp3) is 0.625. The second-order valence-corrected chi connectivity index (χ2v) is 5.72. The molecule has 0 amide bonds. The van der Waals surface area contributed by atoms with Gasteiger partial charge < -0.3 is 5.11 Å². The maximum atomic E-state index is 10.5. The van der Waals surface area contributed by atoms with E-state index in [1.807, 2.05) is 0 Å². The molecule has 2 atom stereocenters. The molecule has 1 aromatic carbocycles. The second-order valence-electron chi connectivity index (χ2n) is 5.72. The molecular weight excluding hydrogens is 222 g/mol. The predicted molar refractivity (Wildman–Crippen MR) is 75.8 cm³/mol. The van der Waals surface area contributed by atoms with Crippen molar-refractivity contribution in [2.24, 2.45) is 0 Å². The van der Waals surface area contributed by atoms with E-state index in [9.17, 15) is 5.11 Å². The summed E-state index contributed by atoms with van der Waals surface area (Å²) in [7, 11) is 0. The summed E-state index contributed by atoms with van der Waals surface area (Å²) < 4.78 is 0. The zero-order chi connectivity index (χ0) is 13.1. The van der Waals surface area contributed by atoms with Gasteiger partial charge >= 0.3 is 0 Å². The molecular formula is C16H25NO. The van der Waals surface area contributed by atoms with Crippen molar-refractivity contribution in [2.75, 3.05) is 13.1 Å². The molecule has 0 saturated carbocycles. The number of hydrogen-bond acceptors (Lipinski definition) is 2. The first-order chi connectivity index (χ1) is 8.58. The molecule has 0 spiro atoms. The van der Waals surface area contributed by atoms with Crippen molar-refractivity contribution in [1.82, 2.24) is 4.90 Å². The van der Waals surface area contributed by atoms with Crippen molar-refractivity contribution in [3.8, 4) is 0 Å². The van der Waals surface area contributed by atoms with Crippen molar-refractivity contribution in [1.29, 1.82) is 0 Å². The maximum absolute atomic E-state index is 10.5. The molecule has 0 radical (unpaired) electrons. The highest BCUT2D eigenvalue weighted by Crippen LogP contribution is 2.23. The molecule has 100 valence electrons. The molecule has 2 nitrogen and oxygen atoms in total. The molecule has 1 aromatic rings. The van der Waals surface area contributed by atoms with Gasteiger partial charge in [0.2, 0.25) is 0 Å². The number of rotatable bonds is 3. The molecule has 2 heteroatoms. The van der Waals surface area contributed by atoms with Gasteiger partial charge in [-0.1, -0.05) is 30.2 Å². The molecule has 1 N–H and O–H groups in total. The highest BCUT2D eigenvalue weighted by Gasteiger charge is 2.22. The maximum Gasteiger partial charge on any atom is 0.0919 e. The first kappa shape index (κ1) is 13.6. The van der Waals surface area contributed by atoms with Crippen LogP contribution < -0.4 is 0 Å². The number of likely N-dealkylation sites (tertiary alicyclic amines) is 1. The van der Waals surface area contributed by atoms with E-state index in [0.717, 1.165) is 18.7 Å². The molecule has 0 aromatic heterocycles. The number of aliphatic hydroxyl groups is 1. The van der Waals surface area contributed by atoms with E-state index in [1.165, 1.54) is 30.4 Å². The average Bonchev–Trinajstić information content (AvgIpc) is 2.35. The van der Waals surface area contributed by atoms with Crippen LogP contribution in [-0.2, 0) is 0 Å². The van der Waals surface area contributed by atoms with Crippen LogP contribution in [0.15, 0.2) is 18.2 Å². The second kappa shape index (κ2) is 5.85. The van der Waals surface area contributed by atoms with Crippen LogP contribution in [0.2, 0.25) is 0 Å². The molecule has 1 fully saturated rings. The van der Waals surface area contributed by atoms with E-state index in [0.29, 0.717) is 6.04 Å². The molecule has 0 aliphatic carbocycles. The molecule has 1 aliphatic heterocycles. The summed E-state index contributed by atoms with van der Waals surface area (Å²) in [6.45, 7) is 8.33. The van der Waals surface area contributed by atoms with Crippen LogP contribution in [0.25, 0.3) is 0 Å². The van der Waals surface area contributed by atoms with E-state index in [2.05, 4.69) is 43.9 Å². The number of piperidine rings is 1. The van der Waals surface area contributed by atoms with E-state index >= 15 is 0 Å². The Morgan fingerprint density at radius 1 is 1.33 bits per heavy atom. The summed E-state index contributed by atoms with van der Waals surface area (Å²) >= 11 is 0. The van der Waals surface area contributed by atoms with Gasteiger partial charge in [-0.05, 0) is 51.3 Å². The van der Waals surface area contributed by atoms with Crippen LogP contribution in [0.4, 0.5) is 0 Å². The third kappa shape index (κ3) is 3.12. The van der Waals surface area contributed by atoms with Gasteiger partial charge in [-0.3, -0.25) is 4.90 Å². The topological polar surface area (TPSA) is 23.5 Å². The third-order valence-electron chi connectivity index (χ3n) is 4.14. The fourth-order valence-electron chi connectivity index (χ4n) is 2.87. The molecule has 2 unspecified atom stereocenters. The van der Waals surface area contributed by atoms with Gasteiger partial charge in [0.25, 0.3) is 0 Å². The Morgan fingerprint density at radius 2 is 2.11 bits per heavy atom. The molecule has 0 bridgehead atoms. The first-order valence-corrected chi connectivity index (χ1v) is 7.07. The lowest BCUT2D eigenvalue weighted by atomic mass is 9.98. The number of hydrogen-bond donors (Lipinski definition) is 1. The Bertz CT molecular complexity index is 402. The fourth-order valence-corrected chi connectivity index (χ4v) is 2.87. The summed E-state index contributed by atoms with van der Waals surface area (Å²) in [5.74, 6) is 0. The molecule has 2 rings (SSSR count). The van der Waals surface area contributed by atoms with Crippen LogP contribution >= 0.6 is 0 Å². The van der Waals surface area contributed by atoms with E-state index in [-0.39, 0.29) is 6.10 Å². The average molecular weight is 247 g/mol. The van der Waals surface area contributed by atoms with Crippen LogP contribution in [0, 0.1) is 13.8 Å². The van der Waals surface area contributed by atoms with Gasteiger partial charge in [0.15, 0.2) is 0 Å². The molecule has 18 heavy (non-hydrogen) atoms. The van der Waals surface area contributed by atoms with Gasteiger partial charge in [-0.2, -0.15) is 0 Å². The van der Waals surface area contributed by atoms with Crippen LogP contribution in [0.3, 0.4) is 0 Å². The van der Waals surface area contributed by atoms with E-state index < -0.39 is 0 Å². The normalized spacial score (nSPS) is 23.0. The number of β-amino-alcohol motifs (C(OH)–C–C–N with tert-alkyl or cyclic N) is 1. The summed E-state index contributed by atoms with van der Waals surface area (Å²) in [5, 5.41) is 10.5. The van der Waals surface area contributed by atoms with Crippen molar-refractivity contribution in [2.45, 2.75) is 52.2 Å². The summed E-state index contributed by atoms with van der Waals surface area (Å²) in [4.78, 5) is 2.43. The zero-order valence-electron chi connectivity index (χ0n) is 11.8. The lowest BCUT2D eigenvalue weighted by molar-refractivity contribution is 0.0729. The van der Waals surface area contributed by atoms with Gasteiger partial charge in [-0.25, -0.2) is 0 Å². The molecule has 1 heterocycles. The smallest absolute Gasteiger partial charge is 0.0919 e. The van der Waals surface area contributed by atoms with Gasteiger partial charge in [0.05, 0.1) is 6.10 Å². The first-order valence-electron chi connectivity index (χ1n) is 7.07. The van der Waals surface area contributed by atoms with Gasteiger partial charge in [-0.15, -0.1) is 0 Å². The van der Waals surface area contributed by atoms with E-state index in [4.69, 9.17) is 0 Å². The largest absolute Gasteiger partial charge is 0.387 e. The summed E-state index contributed by atoms with van der Waals surface area (Å²) in [6, 6.07) is 6.94. The Kier molecular flexibility index (Phi) is 4.41. The molecule has 1 saturated heterocycles. The minimum Gasteiger partial charge on any atom is -0.387 e. The Morgan fingerprint density at radius 3 is 2.83 bits per heavy atom. The summed E-state index contributed by atoms with van der Waals surface area (Å²) in [6.07, 6.45) is 3.51. The standard InChI is InChI=1S/C16H25NO/c1-12-7-8-13(2)15(10-12)16(18)11-17-9-5-4-6-14(17)3/h7-8,10,14,16,18H,4-6,9,11H2,1-3H3. The SMILES string of the molecule is Cc1ccc(C)c(C(O)CN2CCCCC2C)c1. The minimum absolute atomic E-state index is 0.356. The van der Waals surface area contributed by atoms with Crippen LogP contribution in [0.5, 0.6) is 0 Å². The lowest BCUT2D eigenvalue weighted by Crippen LogP contribution is -2.40. The van der Waals surface area contributed by atoms with Crippen molar-refractivity contribution in [3.63, 3.8) is 0 Å². The highest BCUT2D eigenvalue weighted by molar-refractivity contribution is 5.32. The third-order valence-corrected chi connectivity index (χ3v) is 4.14. The molecule has 1 aliphatic rings. The van der Waals surface area contributed by atoms with Gasteiger partial charge in [0.1, 0.15) is 0 Å². The lowest BCUT2D eigenvalue weighted by Gasteiger charge is -2.35. The Balaban J connectivity index is 2.06. The van der Waals surface area contributed by atoms with Crippen LogP contribution in [-0.4, -0.2) is 29.1 Å². The minimum atomic E-state index is -0.356. The van der Waals surface area contributed by atoms with Crippen LogP contribution in [0.1, 0.15) is 49.0 Å². The zero-order valence-corrected chi connectivity index (χ0v) is 11.8. The van der Waals surface area contributed by atoms with Crippen molar-refractivity contribution in [3.05, 3.63) is 34.9 Å². The quantitative estimate of drug-likeness (QED) is 0.886. The van der Waals surface area contributed by atoms with Crippen molar-refractivity contribution >= 4 is 0 Å². The Labute approximate surface area is 111 Å². The summed E-state index contributed by atoms with van der Waals surface area (Å²) in [5.41, 5.74) is 3.51. The number of benzene rings is 1. The number of nitrogens with zero attached hydrogens (tertiary/aromatic N) is 1. The Hall–Kier alpha value is -0.860. The predicted octanol–water partition coefficient (Wildman–Crippen LogP) is 3.21. The van der Waals surface area contributed by atoms with E-state index in [1.54, 1.807) is 0 Å². The number of aryl methyl sites for hydroxylation is 2. The van der Waals surface area contributed by atoms with Crippen molar-refractivity contribution < 1.29 is 5.11 Å². The van der Waals surface area contributed by atoms with Gasteiger partial charge in [0, 0.05) is 12.6 Å². The monoisotopic (exact) mass is 247 g/mol.